The minimum Gasteiger partial charge on any atom is -0.463 e. The first-order chi connectivity index (χ1) is 10.1. The molecule has 0 atom stereocenters. The Bertz CT molecular complexity index is 588. The number of ether oxygens (including phenoxy) is 1. The van der Waals surface area contributed by atoms with Gasteiger partial charge in [-0.15, -0.1) is 0 Å². The fraction of sp³-hybridized carbons (Fsp3) is 0.312. The lowest BCUT2D eigenvalue weighted by atomic mass is 10.2. The Kier molecular flexibility index (Phi) is 5.00. The highest BCUT2D eigenvalue weighted by molar-refractivity contribution is 5.87. The van der Waals surface area contributed by atoms with Gasteiger partial charge in [-0.2, -0.15) is 0 Å². The van der Waals surface area contributed by atoms with Crippen LogP contribution >= 0.6 is 0 Å². The summed E-state index contributed by atoms with van der Waals surface area (Å²) in [7, 11) is 5.42. The summed E-state index contributed by atoms with van der Waals surface area (Å²) < 4.78 is 9.82. The minimum absolute atomic E-state index is 0.245. The molecule has 1 aromatic carbocycles. The second kappa shape index (κ2) is 6.95. The smallest absolute Gasteiger partial charge is 0.374 e. The van der Waals surface area contributed by atoms with E-state index in [1.807, 2.05) is 26.2 Å². The molecule has 21 heavy (non-hydrogen) atoms. The number of hydrogen-bond acceptors (Lipinski definition) is 5. The summed E-state index contributed by atoms with van der Waals surface area (Å²) in [4.78, 5) is 13.6. The second-order valence-electron chi connectivity index (χ2n) is 5.05. The Morgan fingerprint density at radius 2 is 1.95 bits per heavy atom. The standard InChI is InChI=1S/C16H20N2O3/c1-18(2)11-12-4-6-14(7-5-12)17-10-13-8-9-21-15(13)16(19)20-3/h4-9,17H,10-11H2,1-3H3. The first kappa shape index (κ1) is 15.1. The Morgan fingerprint density at radius 1 is 1.24 bits per heavy atom. The van der Waals surface area contributed by atoms with Crippen LogP contribution in [-0.4, -0.2) is 32.1 Å². The van der Waals surface area contributed by atoms with Gasteiger partial charge in [-0.1, -0.05) is 12.1 Å². The Balaban J connectivity index is 1.97. The third kappa shape index (κ3) is 4.10. The maximum Gasteiger partial charge on any atom is 0.374 e. The van der Waals surface area contributed by atoms with Gasteiger partial charge in [0, 0.05) is 24.3 Å². The van der Waals surface area contributed by atoms with Gasteiger partial charge in [0.1, 0.15) is 0 Å². The van der Waals surface area contributed by atoms with Crippen molar-refractivity contribution in [1.82, 2.24) is 4.90 Å². The van der Waals surface area contributed by atoms with Gasteiger partial charge in [0.05, 0.1) is 13.4 Å². The summed E-state index contributed by atoms with van der Waals surface area (Å²) in [5.41, 5.74) is 3.03. The van der Waals surface area contributed by atoms with Crippen LogP contribution in [0.4, 0.5) is 5.69 Å². The van der Waals surface area contributed by atoms with E-state index in [0.717, 1.165) is 17.8 Å². The van der Waals surface area contributed by atoms with Gasteiger partial charge in [0.2, 0.25) is 5.76 Å². The summed E-state index contributed by atoms with van der Waals surface area (Å²) >= 11 is 0. The number of benzene rings is 1. The van der Waals surface area contributed by atoms with Gasteiger partial charge in [0.15, 0.2) is 0 Å². The number of carbonyl (C=O) groups excluding carboxylic acids is 1. The van der Waals surface area contributed by atoms with E-state index < -0.39 is 5.97 Å². The number of hydrogen-bond donors (Lipinski definition) is 1. The Labute approximate surface area is 124 Å². The lowest BCUT2D eigenvalue weighted by Crippen LogP contribution is -2.10. The zero-order valence-corrected chi connectivity index (χ0v) is 12.6. The average molecular weight is 288 g/mol. The minimum atomic E-state index is -0.460. The number of rotatable bonds is 6. The van der Waals surface area contributed by atoms with E-state index >= 15 is 0 Å². The van der Waals surface area contributed by atoms with E-state index in [9.17, 15) is 4.79 Å². The Hall–Kier alpha value is -2.27. The van der Waals surface area contributed by atoms with Gasteiger partial charge in [-0.3, -0.25) is 0 Å². The van der Waals surface area contributed by atoms with E-state index in [1.165, 1.54) is 18.9 Å². The zero-order valence-electron chi connectivity index (χ0n) is 12.6. The molecule has 1 N–H and O–H groups in total. The highest BCUT2D eigenvalue weighted by Gasteiger charge is 2.15. The maximum atomic E-state index is 11.5. The molecule has 2 rings (SSSR count). The molecule has 0 spiro atoms. The van der Waals surface area contributed by atoms with Crippen molar-refractivity contribution in [3.05, 3.63) is 53.5 Å². The summed E-state index contributed by atoms with van der Waals surface area (Å²) in [5.74, 6) is -0.215. The highest BCUT2D eigenvalue weighted by Crippen LogP contribution is 2.16. The van der Waals surface area contributed by atoms with Crippen molar-refractivity contribution in [2.45, 2.75) is 13.1 Å². The number of esters is 1. The predicted molar refractivity (Wildman–Crippen MR) is 81.2 cm³/mol. The van der Waals surface area contributed by atoms with E-state index in [4.69, 9.17) is 4.42 Å². The molecular formula is C16H20N2O3. The summed E-state index contributed by atoms with van der Waals surface area (Å²) in [6.07, 6.45) is 1.49. The average Bonchev–Trinajstić information content (AvgIpc) is 2.93. The van der Waals surface area contributed by atoms with Crippen LogP contribution in [0.1, 0.15) is 21.7 Å². The van der Waals surface area contributed by atoms with Crippen molar-refractivity contribution in [1.29, 1.82) is 0 Å². The summed E-state index contributed by atoms with van der Waals surface area (Å²) in [6.45, 7) is 1.42. The first-order valence-electron chi connectivity index (χ1n) is 6.72. The quantitative estimate of drug-likeness (QED) is 0.828. The van der Waals surface area contributed by atoms with Crippen LogP contribution in [-0.2, 0) is 17.8 Å². The molecule has 0 aliphatic heterocycles. The van der Waals surface area contributed by atoms with Crippen LogP contribution in [0, 0.1) is 0 Å². The van der Waals surface area contributed by atoms with E-state index in [2.05, 4.69) is 27.1 Å². The van der Waals surface area contributed by atoms with Crippen molar-refractivity contribution >= 4 is 11.7 Å². The lowest BCUT2D eigenvalue weighted by molar-refractivity contribution is 0.0563. The largest absolute Gasteiger partial charge is 0.463 e. The highest BCUT2D eigenvalue weighted by atomic mass is 16.5. The molecule has 2 aromatic rings. The molecule has 0 radical (unpaired) electrons. The number of nitrogens with one attached hydrogen (secondary N) is 1. The van der Waals surface area contributed by atoms with E-state index in [-0.39, 0.29) is 5.76 Å². The zero-order chi connectivity index (χ0) is 15.2. The van der Waals surface area contributed by atoms with Crippen molar-refractivity contribution < 1.29 is 13.9 Å². The molecule has 0 aliphatic carbocycles. The normalized spacial score (nSPS) is 10.7. The molecule has 0 unspecified atom stereocenters. The number of nitrogens with zero attached hydrogens (tertiary/aromatic N) is 1. The molecule has 0 amide bonds. The van der Waals surface area contributed by atoms with Crippen molar-refractivity contribution in [2.75, 3.05) is 26.5 Å². The van der Waals surface area contributed by atoms with Crippen LogP contribution in [0.2, 0.25) is 0 Å². The molecule has 1 heterocycles. The first-order valence-corrected chi connectivity index (χ1v) is 6.72. The molecule has 5 nitrogen and oxygen atoms in total. The van der Waals surface area contributed by atoms with Crippen LogP contribution < -0.4 is 5.32 Å². The molecule has 0 fully saturated rings. The molecule has 0 saturated carbocycles. The number of methoxy groups -OCH3 is 1. The fourth-order valence-corrected chi connectivity index (χ4v) is 2.04. The monoisotopic (exact) mass is 288 g/mol. The van der Waals surface area contributed by atoms with Crippen LogP contribution in [0.5, 0.6) is 0 Å². The number of carbonyl (C=O) groups is 1. The third-order valence-corrected chi connectivity index (χ3v) is 3.05. The van der Waals surface area contributed by atoms with Crippen molar-refractivity contribution in [3.63, 3.8) is 0 Å². The third-order valence-electron chi connectivity index (χ3n) is 3.05. The molecule has 0 bridgehead atoms. The molecule has 0 saturated heterocycles. The molecular weight excluding hydrogens is 268 g/mol. The van der Waals surface area contributed by atoms with Gasteiger partial charge in [-0.05, 0) is 37.9 Å². The molecule has 112 valence electrons. The van der Waals surface area contributed by atoms with Gasteiger partial charge in [0.25, 0.3) is 0 Å². The van der Waals surface area contributed by atoms with Crippen molar-refractivity contribution in [2.24, 2.45) is 0 Å². The number of furan rings is 1. The Morgan fingerprint density at radius 3 is 2.57 bits per heavy atom. The van der Waals surface area contributed by atoms with Gasteiger partial charge in [-0.25, -0.2) is 4.79 Å². The van der Waals surface area contributed by atoms with Crippen molar-refractivity contribution in [3.8, 4) is 0 Å². The maximum absolute atomic E-state index is 11.5. The van der Waals surface area contributed by atoms with E-state index in [0.29, 0.717) is 6.54 Å². The fourth-order valence-electron chi connectivity index (χ4n) is 2.04. The molecule has 0 aliphatic rings. The summed E-state index contributed by atoms with van der Waals surface area (Å²) in [6, 6.07) is 9.98. The van der Waals surface area contributed by atoms with Gasteiger partial charge >= 0.3 is 5.97 Å². The molecule has 1 aromatic heterocycles. The van der Waals surface area contributed by atoms with E-state index in [1.54, 1.807) is 6.07 Å². The van der Waals surface area contributed by atoms with Crippen LogP contribution in [0.25, 0.3) is 0 Å². The predicted octanol–water partition coefficient (Wildman–Crippen LogP) is 2.74. The lowest BCUT2D eigenvalue weighted by Gasteiger charge is -2.11. The van der Waals surface area contributed by atoms with Crippen LogP contribution in [0.15, 0.2) is 41.0 Å². The topological polar surface area (TPSA) is 54.7 Å². The number of anilines is 1. The summed E-state index contributed by atoms with van der Waals surface area (Å²) in [5, 5.41) is 3.27. The second-order valence-corrected chi connectivity index (χ2v) is 5.05. The van der Waals surface area contributed by atoms with Crippen LogP contribution in [0.3, 0.4) is 0 Å². The SMILES string of the molecule is COC(=O)c1occc1CNc1ccc(CN(C)C)cc1. The molecule has 5 heteroatoms. The van der Waals surface area contributed by atoms with Gasteiger partial charge < -0.3 is 19.4 Å².